The van der Waals surface area contributed by atoms with Crippen molar-refractivity contribution < 1.29 is 9.21 Å². The molecule has 2 aromatic rings. The van der Waals surface area contributed by atoms with Gasteiger partial charge in [-0.3, -0.25) is 10.1 Å². The van der Waals surface area contributed by atoms with Gasteiger partial charge in [0, 0.05) is 6.42 Å². The Morgan fingerprint density at radius 1 is 1.50 bits per heavy atom. The van der Waals surface area contributed by atoms with Crippen LogP contribution in [0.15, 0.2) is 16.5 Å². The van der Waals surface area contributed by atoms with Crippen LogP contribution in [0, 0.1) is 5.92 Å². The fourth-order valence-corrected chi connectivity index (χ4v) is 2.42. The normalized spacial score (nSPS) is 10.9. The van der Waals surface area contributed by atoms with E-state index >= 15 is 0 Å². The standard InChI is InChI=1S/C11H12ClN3O2S/c1-6(2)5-9-14-15-11(18-9)13-10(16)7-3-4-8(12)17-7/h3-4,6H,5H2,1-2H3,(H,13,15,16). The first kappa shape index (κ1) is 13.0. The summed E-state index contributed by atoms with van der Waals surface area (Å²) in [4.78, 5) is 11.7. The molecule has 1 N–H and O–H groups in total. The zero-order chi connectivity index (χ0) is 13.1. The van der Waals surface area contributed by atoms with E-state index < -0.39 is 0 Å². The number of nitrogens with zero attached hydrogens (tertiary/aromatic N) is 2. The molecule has 0 aliphatic heterocycles. The second kappa shape index (κ2) is 5.49. The third-order valence-electron chi connectivity index (χ3n) is 2.07. The SMILES string of the molecule is CC(C)Cc1nnc(NC(=O)c2ccc(Cl)o2)s1. The summed E-state index contributed by atoms with van der Waals surface area (Å²) < 4.78 is 5.00. The number of rotatable bonds is 4. The number of amides is 1. The lowest BCUT2D eigenvalue weighted by atomic mass is 10.1. The molecule has 0 unspecified atom stereocenters. The van der Waals surface area contributed by atoms with Gasteiger partial charge in [0.05, 0.1) is 0 Å². The fraction of sp³-hybridized carbons (Fsp3) is 0.364. The molecule has 5 nitrogen and oxygen atoms in total. The van der Waals surface area contributed by atoms with Crippen molar-refractivity contribution in [3.63, 3.8) is 0 Å². The molecule has 0 saturated heterocycles. The molecule has 2 heterocycles. The van der Waals surface area contributed by atoms with Gasteiger partial charge in [0.2, 0.25) is 5.13 Å². The summed E-state index contributed by atoms with van der Waals surface area (Å²) >= 11 is 6.96. The van der Waals surface area contributed by atoms with Crippen LogP contribution in [0.5, 0.6) is 0 Å². The van der Waals surface area contributed by atoms with Crippen LogP contribution in [0.1, 0.15) is 29.4 Å². The fourth-order valence-electron chi connectivity index (χ4n) is 1.33. The highest BCUT2D eigenvalue weighted by molar-refractivity contribution is 7.15. The number of carbonyl (C=O) groups is 1. The third-order valence-corrected chi connectivity index (χ3v) is 3.13. The van der Waals surface area contributed by atoms with Crippen LogP contribution in [0.25, 0.3) is 0 Å². The van der Waals surface area contributed by atoms with E-state index in [1.54, 1.807) is 0 Å². The van der Waals surface area contributed by atoms with Crippen LogP contribution in [-0.4, -0.2) is 16.1 Å². The van der Waals surface area contributed by atoms with Crippen molar-refractivity contribution in [2.75, 3.05) is 5.32 Å². The van der Waals surface area contributed by atoms with Crippen molar-refractivity contribution in [1.29, 1.82) is 0 Å². The summed E-state index contributed by atoms with van der Waals surface area (Å²) in [5, 5.41) is 12.1. The number of nitrogens with one attached hydrogen (secondary N) is 1. The van der Waals surface area contributed by atoms with Gasteiger partial charge < -0.3 is 4.42 Å². The summed E-state index contributed by atoms with van der Waals surface area (Å²) in [6, 6.07) is 3.02. The summed E-state index contributed by atoms with van der Waals surface area (Å²) in [6.07, 6.45) is 0.847. The quantitative estimate of drug-likeness (QED) is 0.936. The topological polar surface area (TPSA) is 68.0 Å². The Kier molecular flexibility index (Phi) is 3.98. The first-order valence-corrected chi connectivity index (χ1v) is 6.63. The van der Waals surface area contributed by atoms with E-state index in [9.17, 15) is 4.79 Å². The minimum absolute atomic E-state index is 0.153. The Labute approximate surface area is 113 Å². The number of hydrogen-bond acceptors (Lipinski definition) is 5. The maximum absolute atomic E-state index is 11.7. The second-order valence-corrected chi connectivity index (χ2v) is 5.59. The molecular weight excluding hydrogens is 274 g/mol. The smallest absolute Gasteiger partial charge is 0.293 e. The van der Waals surface area contributed by atoms with Crippen molar-refractivity contribution in [3.05, 3.63) is 28.1 Å². The molecule has 2 aromatic heterocycles. The number of furan rings is 1. The molecule has 0 radical (unpaired) electrons. The van der Waals surface area contributed by atoms with E-state index in [4.69, 9.17) is 16.0 Å². The van der Waals surface area contributed by atoms with E-state index in [0.717, 1.165) is 11.4 Å². The summed E-state index contributed by atoms with van der Waals surface area (Å²) in [5.41, 5.74) is 0. The number of hydrogen-bond donors (Lipinski definition) is 1. The molecule has 1 amide bonds. The second-order valence-electron chi connectivity index (χ2n) is 4.16. The number of aromatic nitrogens is 2. The molecule has 96 valence electrons. The number of halogens is 1. The Balaban J connectivity index is 2.01. The molecule has 0 aliphatic carbocycles. The lowest BCUT2D eigenvalue weighted by Gasteiger charge is -1.98. The highest BCUT2D eigenvalue weighted by Gasteiger charge is 2.13. The number of carbonyl (C=O) groups excluding carboxylic acids is 1. The van der Waals surface area contributed by atoms with Crippen molar-refractivity contribution in [2.45, 2.75) is 20.3 Å². The molecule has 0 spiro atoms. The monoisotopic (exact) mass is 285 g/mol. The predicted molar refractivity (Wildman–Crippen MR) is 70.1 cm³/mol. The van der Waals surface area contributed by atoms with Crippen molar-refractivity contribution in [1.82, 2.24) is 10.2 Å². The molecule has 0 aliphatic rings. The van der Waals surface area contributed by atoms with Gasteiger partial charge in [-0.2, -0.15) is 0 Å². The van der Waals surface area contributed by atoms with Crippen LogP contribution < -0.4 is 5.32 Å². The Bertz CT molecular complexity index is 550. The molecule has 2 rings (SSSR count). The highest BCUT2D eigenvalue weighted by Crippen LogP contribution is 2.20. The highest BCUT2D eigenvalue weighted by atomic mass is 35.5. The molecule has 7 heteroatoms. The average Bonchev–Trinajstić information content (AvgIpc) is 2.87. The van der Waals surface area contributed by atoms with E-state index in [-0.39, 0.29) is 16.9 Å². The van der Waals surface area contributed by atoms with E-state index in [1.807, 2.05) is 0 Å². The van der Waals surface area contributed by atoms with E-state index in [1.165, 1.54) is 23.5 Å². The van der Waals surface area contributed by atoms with Crippen LogP contribution in [0.3, 0.4) is 0 Å². The lowest BCUT2D eigenvalue weighted by Crippen LogP contribution is -2.10. The van der Waals surface area contributed by atoms with Gasteiger partial charge in [-0.05, 0) is 29.7 Å². The van der Waals surface area contributed by atoms with Crippen molar-refractivity contribution in [2.24, 2.45) is 5.92 Å². The molecule has 0 fully saturated rings. The van der Waals surface area contributed by atoms with Crippen LogP contribution in [0.4, 0.5) is 5.13 Å². The van der Waals surface area contributed by atoms with Gasteiger partial charge in [0.15, 0.2) is 11.0 Å². The first-order valence-electron chi connectivity index (χ1n) is 5.43. The molecule has 0 aromatic carbocycles. The van der Waals surface area contributed by atoms with E-state index in [2.05, 4.69) is 29.4 Å². The lowest BCUT2D eigenvalue weighted by molar-refractivity contribution is 0.0996. The van der Waals surface area contributed by atoms with Crippen molar-refractivity contribution >= 4 is 34.0 Å². The Morgan fingerprint density at radius 2 is 2.28 bits per heavy atom. The van der Waals surface area contributed by atoms with Gasteiger partial charge in [-0.1, -0.05) is 25.2 Å². The minimum Gasteiger partial charge on any atom is -0.440 e. The minimum atomic E-state index is -0.380. The van der Waals surface area contributed by atoms with Gasteiger partial charge in [0.25, 0.3) is 5.91 Å². The van der Waals surface area contributed by atoms with Gasteiger partial charge in [-0.15, -0.1) is 10.2 Å². The van der Waals surface area contributed by atoms with E-state index in [0.29, 0.717) is 11.0 Å². The number of anilines is 1. The molecule has 0 atom stereocenters. The van der Waals surface area contributed by atoms with Crippen molar-refractivity contribution in [3.8, 4) is 0 Å². The third kappa shape index (κ3) is 3.30. The zero-order valence-electron chi connectivity index (χ0n) is 9.94. The maximum atomic E-state index is 11.7. The molecular formula is C11H12ClN3O2S. The Morgan fingerprint density at radius 3 is 2.89 bits per heavy atom. The Hall–Kier alpha value is -1.40. The maximum Gasteiger partial charge on any atom is 0.293 e. The van der Waals surface area contributed by atoms with Crippen LogP contribution in [0.2, 0.25) is 5.22 Å². The van der Waals surface area contributed by atoms with Gasteiger partial charge in [0.1, 0.15) is 5.01 Å². The first-order chi connectivity index (χ1) is 8.54. The zero-order valence-corrected chi connectivity index (χ0v) is 11.5. The predicted octanol–water partition coefficient (Wildman–Crippen LogP) is 3.24. The van der Waals surface area contributed by atoms with Crippen LogP contribution >= 0.6 is 22.9 Å². The summed E-state index contributed by atoms with van der Waals surface area (Å²) in [6.45, 7) is 4.20. The van der Waals surface area contributed by atoms with Crippen LogP contribution in [-0.2, 0) is 6.42 Å². The molecule has 18 heavy (non-hydrogen) atoms. The van der Waals surface area contributed by atoms with Gasteiger partial charge >= 0.3 is 0 Å². The molecule has 0 saturated carbocycles. The summed E-state index contributed by atoms with van der Waals surface area (Å²) in [5.74, 6) is 0.278. The van der Waals surface area contributed by atoms with Gasteiger partial charge in [-0.25, -0.2) is 0 Å². The largest absolute Gasteiger partial charge is 0.440 e. The average molecular weight is 286 g/mol. The molecule has 0 bridgehead atoms. The summed E-state index contributed by atoms with van der Waals surface area (Å²) in [7, 11) is 0.